The van der Waals surface area contributed by atoms with Crippen molar-refractivity contribution in [2.45, 2.75) is 24.3 Å². The SMILES string of the molecule is CCN(CC(=O)N[C@@H]1CCS(=O)(=O)C1)C(=O)CSc1ccc(F)cc1. The van der Waals surface area contributed by atoms with Crippen molar-refractivity contribution < 1.29 is 22.4 Å². The molecule has 2 rings (SSSR count). The average Bonchev–Trinajstić information content (AvgIpc) is 2.90. The first kappa shape index (κ1) is 19.7. The van der Waals surface area contributed by atoms with Gasteiger partial charge in [-0.25, -0.2) is 12.8 Å². The molecule has 1 aromatic carbocycles. The van der Waals surface area contributed by atoms with Gasteiger partial charge in [0.2, 0.25) is 11.8 Å². The third kappa shape index (κ3) is 6.32. The molecule has 0 spiro atoms. The van der Waals surface area contributed by atoms with E-state index in [1.807, 2.05) is 0 Å². The highest BCUT2D eigenvalue weighted by Gasteiger charge is 2.29. The first-order chi connectivity index (χ1) is 11.8. The summed E-state index contributed by atoms with van der Waals surface area (Å²) in [5, 5.41) is 2.67. The van der Waals surface area contributed by atoms with Crippen molar-refractivity contribution in [2.75, 3.05) is 30.3 Å². The molecule has 2 amide bonds. The van der Waals surface area contributed by atoms with Gasteiger partial charge in [-0.3, -0.25) is 9.59 Å². The number of halogens is 1. The molecule has 0 unspecified atom stereocenters. The van der Waals surface area contributed by atoms with E-state index in [1.165, 1.54) is 28.8 Å². The molecule has 9 heteroatoms. The predicted molar refractivity (Wildman–Crippen MR) is 94.6 cm³/mol. The number of thioether (sulfide) groups is 1. The maximum atomic E-state index is 12.9. The van der Waals surface area contributed by atoms with Crippen LogP contribution in [0.3, 0.4) is 0 Å². The molecule has 1 fully saturated rings. The fourth-order valence-electron chi connectivity index (χ4n) is 2.50. The van der Waals surface area contributed by atoms with Gasteiger partial charge in [-0.15, -0.1) is 11.8 Å². The normalized spacial score (nSPS) is 18.7. The van der Waals surface area contributed by atoms with Gasteiger partial charge in [0.1, 0.15) is 5.82 Å². The predicted octanol–water partition coefficient (Wildman–Crippen LogP) is 1.07. The Morgan fingerprint density at radius 3 is 2.56 bits per heavy atom. The zero-order chi connectivity index (χ0) is 18.4. The molecule has 0 saturated carbocycles. The minimum atomic E-state index is -3.06. The summed E-state index contributed by atoms with van der Waals surface area (Å²) in [5.74, 6) is -0.710. The molecule has 138 valence electrons. The highest BCUT2D eigenvalue weighted by molar-refractivity contribution is 8.00. The highest BCUT2D eigenvalue weighted by Crippen LogP contribution is 2.18. The maximum absolute atomic E-state index is 12.9. The number of carbonyl (C=O) groups is 2. The number of sulfone groups is 1. The van der Waals surface area contributed by atoms with Crippen molar-refractivity contribution in [3.63, 3.8) is 0 Å². The lowest BCUT2D eigenvalue weighted by Crippen LogP contribution is -2.45. The smallest absolute Gasteiger partial charge is 0.239 e. The minimum Gasteiger partial charge on any atom is -0.351 e. The van der Waals surface area contributed by atoms with E-state index in [-0.39, 0.29) is 47.5 Å². The number of nitrogens with zero attached hydrogens (tertiary/aromatic N) is 1. The number of likely N-dealkylation sites (N-methyl/N-ethyl adjacent to an activating group) is 1. The molecule has 0 aromatic heterocycles. The number of benzene rings is 1. The molecule has 1 atom stereocenters. The lowest BCUT2D eigenvalue weighted by molar-refractivity contribution is -0.134. The number of hydrogen-bond donors (Lipinski definition) is 1. The molecule has 25 heavy (non-hydrogen) atoms. The van der Waals surface area contributed by atoms with Crippen LogP contribution in [0.1, 0.15) is 13.3 Å². The van der Waals surface area contributed by atoms with Crippen LogP contribution in [0, 0.1) is 5.82 Å². The summed E-state index contributed by atoms with van der Waals surface area (Å²) in [6, 6.07) is 5.47. The molecular formula is C16H21FN2O4S2. The summed E-state index contributed by atoms with van der Waals surface area (Å²) < 4.78 is 35.7. The van der Waals surface area contributed by atoms with Crippen LogP contribution in [0.5, 0.6) is 0 Å². The van der Waals surface area contributed by atoms with Gasteiger partial charge >= 0.3 is 0 Å². The summed E-state index contributed by atoms with van der Waals surface area (Å²) in [4.78, 5) is 26.5. The average molecular weight is 388 g/mol. The molecule has 1 N–H and O–H groups in total. The van der Waals surface area contributed by atoms with Gasteiger partial charge in [-0.1, -0.05) is 0 Å². The Morgan fingerprint density at radius 2 is 2.00 bits per heavy atom. The van der Waals surface area contributed by atoms with Crippen LogP contribution < -0.4 is 5.32 Å². The lowest BCUT2D eigenvalue weighted by Gasteiger charge is -2.21. The van der Waals surface area contributed by atoms with E-state index in [0.717, 1.165) is 4.90 Å². The summed E-state index contributed by atoms with van der Waals surface area (Å²) in [5.41, 5.74) is 0. The Hall–Kier alpha value is -1.61. The van der Waals surface area contributed by atoms with Gasteiger partial charge in [0.15, 0.2) is 9.84 Å². The Bertz CT molecular complexity index is 722. The third-order valence-corrected chi connectivity index (χ3v) is 6.61. The third-order valence-electron chi connectivity index (χ3n) is 3.84. The van der Waals surface area contributed by atoms with Crippen molar-refractivity contribution in [1.82, 2.24) is 10.2 Å². The van der Waals surface area contributed by atoms with Gasteiger partial charge in [0, 0.05) is 17.5 Å². The molecule has 0 radical (unpaired) electrons. The van der Waals surface area contributed by atoms with Crippen LogP contribution in [-0.2, 0) is 19.4 Å². The van der Waals surface area contributed by atoms with E-state index in [4.69, 9.17) is 0 Å². The quantitative estimate of drug-likeness (QED) is 0.707. The largest absolute Gasteiger partial charge is 0.351 e. The van der Waals surface area contributed by atoms with Gasteiger partial charge in [-0.05, 0) is 37.6 Å². The summed E-state index contributed by atoms with van der Waals surface area (Å²) in [6.45, 7) is 2.04. The fraction of sp³-hybridized carbons (Fsp3) is 0.500. The number of carbonyl (C=O) groups excluding carboxylic acids is 2. The second-order valence-electron chi connectivity index (χ2n) is 5.82. The van der Waals surface area contributed by atoms with Crippen molar-refractivity contribution in [3.05, 3.63) is 30.1 Å². The van der Waals surface area contributed by atoms with E-state index in [9.17, 15) is 22.4 Å². The zero-order valence-corrected chi connectivity index (χ0v) is 15.5. The monoisotopic (exact) mass is 388 g/mol. The standard InChI is InChI=1S/C16H21FN2O4S2/c1-2-19(9-15(20)18-13-7-8-25(22,23)11-13)16(21)10-24-14-5-3-12(17)4-6-14/h3-6,13H,2,7-11H2,1H3,(H,18,20)/t13-/m1/s1. The van der Waals surface area contributed by atoms with Crippen molar-refractivity contribution in [2.24, 2.45) is 0 Å². The zero-order valence-electron chi connectivity index (χ0n) is 13.9. The molecular weight excluding hydrogens is 367 g/mol. The van der Waals surface area contributed by atoms with E-state index >= 15 is 0 Å². The Labute approximate surface area is 151 Å². The molecule has 1 aliphatic rings. The summed E-state index contributed by atoms with van der Waals surface area (Å²) in [7, 11) is -3.06. The molecule has 1 heterocycles. The van der Waals surface area contributed by atoms with Crippen molar-refractivity contribution >= 4 is 33.4 Å². The Morgan fingerprint density at radius 1 is 1.32 bits per heavy atom. The molecule has 0 bridgehead atoms. The van der Waals surface area contributed by atoms with Crippen LogP contribution in [0.4, 0.5) is 4.39 Å². The van der Waals surface area contributed by atoms with Gasteiger partial charge in [0.05, 0.1) is 23.8 Å². The van der Waals surface area contributed by atoms with Crippen molar-refractivity contribution in [1.29, 1.82) is 0 Å². The topological polar surface area (TPSA) is 83.6 Å². The first-order valence-electron chi connectivity index (χ1n) is 7.95. The molecule has 1 aliphatic heterocycles. The molecule has 0 aliphatic carbocycles. The fourth-order valence-corrected chi connectivity index (χ4v) is 4.97. The molecule has 1 aromatic rings. The van der Waals surface area contributed by atoms with Crippen LogP contribution in [0.15, 0.2) is 29.2 Å². The first-order valence-corrected chi connectivity index (χ1v) is 10.8. The van der Waals surface area contributed by atoms with Crippen LogP contribution >= 0.6 is 11.8 Å². The van der Waals surface area contributed by atoms with E-state index < -0.39 is 9.84 Å². The van der Waals surface area contributed by atoms with E-state index in [0.29, 0.717) is 13.0 Å². The van der Waals surface area contributed by atoms with Crippen LogP contribution in [-0.4, -0.2) is 61.5 Å². The van der Waals surface area contributed by atoms with E-state index in [2.05, 4.69) is 5.32 Å². The second-order valence-corrected chi connectivity index (χ2v) is 9.10. The van der Waals surface area contributed by atoms with Gasteiger partial charge < -0.3 is 10.2 Å². The number of amides is 2. The molecule has 6 nitrogen and oxygen atoms in total. The van der Waals surface area contributed by atoms with Crippen molar-refractivity contribution in [3.8, 4) is 0 Å². The minimum absolute atomic E-state index is 0.0424. The highest BCUT2D eigenvalue weighted by atomic mass is 32.2. The summed E-state index contributed by atoms with van der Waals surface area (Å²) in [6.07, 6.45) is 0.411. The lowest BCUT2D eigenvalue weighted by atomic mass is 10.2. The maximum Gasteiger partial charge on any atom is 0.239 e. The van der Waals surface area contributed by atoms with Crippen LogP contribution in [0.2, 0.25) is 0 Å². The number of rotatable bonds is 7. The molecule has 1 saturated heterocycles. The van der Waals surface area contributed by atoms with E-state index in [1.54, 1.807) is 19.1 Å². The second kappa shape index (κ2) is 8.66. The number of nitrogens with one attached hydrogen (secondary N) is 1. The Kier molecular flexibility index (Phi) is 6.83. The number of hydrogen-bond acceptors (Lipinski definition) is 5. The van der Waals surface area contributed by atoms with Crippen LogP contribution in [0.25, 0.3) is 0 Å². The Balaban J connectivity index is 1.80. The van der Waals surface area contributed by atoms with Gasteiger partial charge in [0.25, 0.3) is 0 Å². The van der Waals surface area contributed by atoms with Gasteiger partial charge in [-0.2, -0.15) is 0 Å². The summed E-state index contributed by atoms with van der Waals surface area (Å²) >= 11 is 1.27.